The third-order valence-electron chi connectivity index (χ3n) is 3.82. The van der Waals surface area contributed by atoms with E-state index in [1.54, 1.807) is 0 Å². The number of benzene rings is 3. The van der Waals surface area contributed by atoms with E-state index in [1.807, 2.05) is 0 Å². The third-order valence-corrected chi connectivity index (χ3v) is 6.17. The van der Waals surface area contributed by atoms with Gasteiger partial charge in [0.15, 0.2) is 0 Å². The van der Waals surface area contributed by atoms with Crippen LogP contribution in [0.4, 0.5) is 11.4 Å². The molecule has 0 spiro atoms. The second-order valence-electron chi connectivity index (χ2n) is 5.34. The minimum Gasteiger partial charge on any atom is -0.333 e. The van der Waals surface area contributed by atoms with Crippen LogP contribution in [0.1, 0.15) is 0 Å². The number of nitrogens with zero attached hydrogens (tertiary/aromatic N) is 2. The van der Waals surface area contributed by atoms with Crippen molar-refractivity contribution >= 4 is 24.9 Å². The zero-order valence-electron chi connectivity index (χ0n) is 13.5. The lowest BCUT2D eigenvalue weighted by Gasteiger charge is -2.37. The molecule has 3 rings (SSSR count). The summed E-state index contributed by atoms with van der Waals surface area (Å²) in [6, 6.07) is 31.9. The Labute approximate surface area is 139 Å². The molecule has 0 unspecified atom stereocenters. The van der Waals surface area contributed by atoms with Gasteiger partial charge in [-0.2, -0.15) is 0 Å². The molecule has 0 radical (unpaired) electrons. The Morgan fingerprint density at radius 1 is 0.522 bits per heavy atom. The molecule has 2 nitrogen and oxygen atoms in total. The van der Waals surface area contributed by atoms with Crippen molar-refractivity contribution in [2.45, 2.75) is 0 Å². The van der Waals surface area contributed by atoms with E-state index in [-0.39, 0.29) is 0 Å². The first-order valence-electron chi connectivity index (χ1n) is 7.70. The first-order chi connectivity index (χ1) is 11.3. The Balaban J connectivity index is 2.01. The van der Waals surface area contributed by atoms with Crippen LogP contribution in [-0.4, -0.2) is 14.1 Å². The van der Waals surface area contributed by atoms with Gasteiger partial charge in [0.25, 0.3) is 0 Å². The van der Waals surface area contributed by atoms with Gasteiger partial charge in [0, 0.05) is 30.8 Å². The van der Waals surface area contributed by atoms with Crippen molar-refractivity contribution in [3.63, 3.8) is 0 Å². The summed E-state index contributed by atoms with van der Waals surface area (Å²) < 4.78 is 4.75. The van der Waals surface area contributed by atoms with E-state index >= 15 is 0 Å². The molecule has 0 atom stereocenters. The van der Waals surface area contributed by atoms with E-state index in [9.17, 15) is 0 Å². The first kappa shape index (κ1) is 15.6. The molecule has 0 aliphatic heterocycles. The van der Waals surface area contributed by atoms with Crippen LogP contribution in [0.2, 0.25) is 0 Å². The first-order valence-corrected chi connectivity index (χ1v) is 8.94. The second kappa shape index (κ2) is 7.30. The van der Waals surface area contributed by atoms with Gasteiger partial charge in [-0.25, -0.2) is 0 Å². The van der Waals surface area contributed by atoms with E-state index < -0.39 is 8.22 Å². The van der Waals surface area contributed by atoms with Crippen molar-refractivity contribution in [3.05, 3.63) is 91.0 Å². The molecule has 116 valence electrons. The lowest BCUT2D eigenvalue weighted by atomic mass is 10.3. The van der Waals surface area contributed by atoms with Crippen LogP contribution in [0.15, 0.2) is 91.0 Å². The third kappa shape index (κ3) is 3.55. The molecule has 0 aromatic heterocycles. The number of hydrogen-bond donors (Lipinski definition) is 0. The maximum absolute atomic E-state index is 2.37. The largest absolute Gasteiger partial charge is 0.333 e. The zero-order chi connectivity index (χ0) is 16.1. The second-order valence-corrected chi connectivity index (χ2v) is 7.64. The number of para-hydroxylation sites is 2. The highest BCUT2D eigenvalue weighted by Crippen LogP contribution is 2.46. The Hall–Kier alpha value is -2.31. The average Bonchev–Trinajstić information content (AvgIpc) is 2.64. The summed E-state index contributed by atoms with van der Waals surface area (Å²) in [6.07, 6.45) is 0. The van der Waals surface area contributed by atoms with Gasteiger partial charge in [-0.05, 0) is 24.3 Å². The zero-order valence-corrected chi connectivity index (χ0v) is 14.4. The van der Waals surface area contributed by atoms with Gasteiger partial charge in [0.1, 0.15) is 8.22 Å². The minimum atomic E-state index is -0.664. The van der Waals surface area contributed by atoms with Gasteiger partial charge < -0.3 is 9.34 Å². The Morgan fingerprint density at radius 2 is 0.870 bits per heavy atom. The van der Waals surface area contributed by atoms with Gasteiger partial charge in [0.2, 0.25) is 0 Å². The van der Waals surface area contributed by atoms with E-state index in [0.717, 1.165) is 0 Å². The van der Waals surface area contributed by atoms with Crippen LogP contribution in [0.5, 0.6) is 0 Å². The Kier molecular flexibility index (Phi) is 4.95. The van der Waals surface area contributed by atoms with Crippen molar-refractivity contribution in [2.24, 2.45) is 0 Å². The SMILES string of the molecule is CN(c1ccccc1)P(c1ccccc1)N(C)c1ccccc1. The molecule has 0 aliphatic carbocycles. The molecule has 0 amide bonds. The highest BCUT2D eigenvalue weighted by Gasteiger charge is 2.23. The monoisotopic (exact) mass is 320 g/mol. The van der Waals surface area contributed by atoms with Gasteiger partial charge >= 0.3 is 0 Å². The van der Waals surface area contributed by atoms with Crippen molar-refractivity contribution < 1.29 is 0 Å². The van der Waals surface area contributed by atoms with Crippen molar-refractivity contribution in [2.75, 3.05) is 23.4 Å². The molecule has 0 aliphatic rings. The summed E-state index contributed by atoms with van der Waals surface area (Å²) >= 11 is 0. The molecule has 3 aromatic carbocycles. The van der Waals surface area contributed by atoms with E-state index in [4.69, 9.17) is 0 Å². The molecule has 3 aromatic rings. The smallest absolute Gasteiger partial charge is 0.128 e. The molecule has 0 heterocycles. The summed E-state index contributed by atoms with van der Waals surface area (Å²) in [4.78, 5) is 0. The van der Waals surface area contributed by atoms with Gasteiger partial charge in [-0.3, -0.25) is 0 Å². The van der Waals surface area contributed by atoms with Gasteiger partial charge in [0.05, 0.1) is 0 Å². The molecule has 0 N–H and O–H groups in total. The van der Waals surface area contributed by atoms with Crippen LogP contribution in [-0.2, 0) is 0 Å². The highest BCUT2D eigenvalue weighted by molar-refractivity contribution is 7.68. The number of rotatable bonds is 5. The van der Waals surface area contributed by atoms with E-state index in [0.29, 0.717) is 0 Å². The number of anilines is 2. The van der Waals surface area contributed by atoms with Crippen molar-refractivity contribution in [1.82, 2.24) is 0 Å². The van der Waals surface area contributed by atoms with Crippen molar-refractivity contribution in [1.29, 1.82) is 0 Å². The maximum Gasteiger partial charge on any atom is 0.128 e. The van der Waals surface area contributed by atoms with Crippen molar-refractivity contribution in [3.8, 4) is 0 Å². The minimum absolute atomic E-state index is 0.664. The van der Waals surface area contributed by atoms with Crippen LogP contribution in [0, 0.1) is 0 Å². The van der Waals surface area contributed by atoms with Crippen LogP contribution in [0.25, 0.3) is 0 Å². The highest BCUT2D eigenvalue weighted by atomic mass is 31.1. The summed E-state index contributed by atoms with van der Waals surface area (Å²) in [5, 5.41) is 1.33. The molecule has 0 fully saturated rings. The predicted octanol–water partition coefficient (Wildman–Crippen LogP) is 4.90. The Bertz CT molecular complexity index is 671. The molecule has 0 bridgehead atoms. The summed E-state index contributed by atoms with van der Waals surface area (Å²) in [5.41, 5.74) is 2.45. The van der Waals surface area contributed by atoms with E-state index in [1.165, 1.54) is 16.7 Å². The molecular weight excluding hydrogens is 299 g/mol. The van der Waals surface area contributed by atoms with Crippen LogP contribution < -0.4 is 14.6 Å². The fourth-order valence-electron chi connectivity index (χ4n) is 2.62. The number of hydrogen-bond acceptors (Lipinski definition) is 2. The fourth-order valence-corrected chi connectivity index (χ4v) is 4.85. The predicted molar refractivity (Wildman–Crippen MR) is 103 cm³/mol. The summed E-state index contributed by atoms with van der Waals surface area (Å²) in [6.45, 7) is 0. The van der Waals surface area contributed by atoms with Gasteiger partial charge in [-0.1, -0.05) is 66.7 Å². The molecule has 23 heavy (non-hydrogen) atoms. The maximum atomic E-state index is 2.37. The average molecular weight is 320 g/mol. The Morgan fingerprint density at radius 3 is 1.26 bits per heavy atom. The van der Waals surface area contributed by atoms with E-state index in [2.05, 4.69) is 114 Å². The standard InChI is InChI=1S/C20H21N2P/c1-21(18-12-6-3-7-13-18)23(20-16-10-5-11-17-20)22(2)19-14-8-4-9-15-19/h3-17H,1-2H3. The molecule has 0 saturated heterocycles. The lowest BCUT2D eigenvalue weighted by molar-refractivity contribution is 1.26. The molecule has 0 saturated carbocycles. The fraction of sp³-hybridized carbons (Fsp3) is 0.100. The van der Waals surface area contributed by atoms with Crippen LogP contribution >= 0.6 is 8.22 Å². The molecular formula is C20H21N2P. The summed E-state index contributed by atoms with van der Waals surface area (Å²) in [5.74, 6) is 0. The quantitative estimate of drug-likeness (QED) is 0.617. The normalized spacial score (nSPS) is 10.6. The molecule has 3 heteroatoms. The van der Waals surface area contributed by atoms with Gasteiger partial charge in [-0.15, -0.1) is 0 Å². The summed E-state index contributed by atoms with van der Waals surface area (Å²) in [7, 11) is 3.68. The lowest BCUT2D eigenvalue weighted by Crippen LogP contribution is -2.29. The topological polar surface area (TPSA) is 6.48 Å². The van der Waals surface area contributed by atoms with Crippen LogP contribution in [0.3, 0.4) is 0 Å².